The average Bonchev–Trinajstić information content (AvgIpc) is 2.71. The van der Waals surface area contributed by atoms with Crippen LogP contribution in [0.4, 0.5) is 0 Å². The van der Waals surface area contributed by atoms with E-state index in [-0.39, 0.29) is 5.92 Å². The number of aromatic nitrogens is 3. The van der Waals surface area contributed by atoms with Crippen molar-refractivity contribution in [1.29, 1.82) is 5.26 Å². The molecule has 0 N–H and O–H groups in total. The molecule has 1 atom stereocenters. The summed E-state index contributed by atoms with van der Waals surface area (Å²) >= 11 is 12.1. The minimum atomic E-state index is 0.0933. The van der Waals surface area contributed by atoms with Gasteiger partial charge in [0.2, 0.25) is 0 Å². The van der Waals surface area contributed by atoms with Crippen LogP contribution >= 0.6 is 23.2 Å². The van der Waals surface area contributed by atoms with Crippen molar-refractivity contribution < 1.29 is 0 Å². The SMILES string of the molecule is Cc1nc2c(C#N)cnn2c(Cl)c1C(C)CCl. The Hall–Kier alpha value is -1.31. The smallest absolute Gasteiger partial charge is 0.174 e. The van der Waals surface area contributed by atoms with Crippen LogP contribution in [0.25, 0.3) is 5.65 Å². The largest absolute Gasteiger partial charge is 0.232 e. The fourth-order valence-corrected chi connectivity index (χ4v) is 2.39. The first kappa shape index (κ1) is 12.2. The number of rotatable bonds is 2. The van der Waals surface area contributed by atoms with Gasteiger partial charge in [-0.05, 0) is 12.8 Å². The van der Waals surface area contributed by atoms with Crippen molar-refractivity contribution in [2.45, 2.75) is 19.8 Å². The summed E-state index contributed by atoms with van der Waals surface area (Å²) < 4.78 is 1.48. The van der Waals surface area contributed by atoms with Crippen LogP contribution in [0.1, 0.15) is 29.7 Å². The van der Waals surface area contributed by atoms with Gasteiger partial charge in [-0.25, -0.2) is 9.50 Å². The number of alkyl halides is 1. The molecule has 0 amide bonds. The first-order chi connectivity index (χ1) is 8.10. The van der Waals surface area contributed by atoms with E-state index in [1.165, 1.54) is 10.7 Å². The second-order valence-corrected chi connectivity index (χ2v) is 4.53. The molecule has 0 fully saturated rings. The molecule has 0 aliphatic carbocycles. The normalized spacial score (nSPS) is 12.6. The Bertz CT molecular complexity index is 612. The van der Waals surface area contributed by atoms with Gasteiger partial charge in [-0.3, -0.25) is 0 Å². The summed E-state index contributed by atoms with van der Waals surface area (Å²) in [6, 6.07) is 2.04. The summed E-state index contributed by atoms with van der Waals surface area (Å²) in [7, 11) is 0. The summed E-state index contributed by atoms with van der Waals surface area (Å²) in [6.07, 6.45) is 1.46. The molecule has 1 unspecified atom stereocenters. The Labute approximate surface area is 109 Å². The fraction of sp³-hybridized carbons (Fsp3) is 0.364. The number of halogens is 2. The Kier molecular flexibility index (Phi) is 3.23. The van der Waals surface area contributed by atoms with E-state index in [0.717, 1.165) is 11.3 Å². The Morgan fingerprint density at radius 3 is 2.88 bits per heavy atom. The van der Waals surface area contributed by atoms with E-state index in [9.17, 15) is 0 Å². The summed E-state index contributed by atoms with van der Waals surface area (Å²) in [5, 5.41) is 13.5. The summed E-state index contributed by atoms with van der Waals surface area (Å²) in [5.74, 6) is 0.552. The third kappa shape index (κ3) is 1.86. The number of hydrogen-bond acceptors (Lipinski definition) is 3. The highest BCUT2D eigenvalue weighted by Gasteiger charge is 2.18. The van der Waals surface area contributed by atoms with Crippen molar-refractivity contribution in [2.24, 2.45) is 0 Å². The zero-order valence-corrected chi connectivity index (χ0v) is 10.9. The molecule has 0 aromatic carbocycles. The Morgan fingerprint density at radius 1 is 1.59 bits per heavy atom. The number of nitriles is 1. The molecule has 2 aromatic rings. The maximum Gasteiger partial charge on any atom is 0.174 e. The molecule has 17 heavy (non-hydrogen) atoms. The van der Waals surface area contributed by atoms with E-state index in [0.29, 0.717) is 22.2 Å². The highest BCUT2D eigenvalue weighted by molar-refractivity contribution is 6.30. The van der Waals surface area contributed by atoms with Crippen LogP contribution < -0.4 is 0 Å². The summed E-state index contributed by atoms with van der Waals surface area (Å²) in [5.41, 5.74) is 2.56. The molecule has 0 saturated heterocycles. The Balaban J connectivity index is 2.78. The lowest BCUT2D eigenvalue weighted by atomic mass is 10.0. The molecule has 0 bridgehead atoms. The molecule has 4 nitrogen and oxygen atoms in total. The van der Waals surface area contributed by atoms with Crippen LogP contribution in [0, 0.1) is 18.3 Å². The standard InChI is InChI=1S/C11H10Cl2N4/c1-6(3-12)9-7(2)16-11-8(4-14)5-15-17(11)10(9)13/h5-6H,3H2,1-2H3. The van der Waals surface area contributed by atoms with Gasteiger partial charge < -0.3 is 0 Å². The monoisotopic (exact) mass is 268 g/mol. The van der Waals surface area contributed by atoms with Gasteiger partial charge in [-0.1, -0.05) is 18.5 Å². The van der Waals surface area contributed by atoms with Crippen molar-refractivity contribution in [3.63, 3.8) is 0 Å². The summed E-state index contributed by atoms with van der Waals surface area (Å²) in [4.78, 5) is 4.37. The van der Waals surface area contributed by atoms with Gasteiger partial charge in [0.25, 0.3) is 0 Å². The summed E-state index contributed by atoms with van der Waals surface area (Å²) in [6.45, 7) is 3.84. The maximum absolute atomic E-state index is 8.92. The molecule has 0 spiro atoms. The minimum absolute atomic E-state index is 0.0933. The Morgan fingerprint density at radius 2 is 2.29 bits per heavy atom. The highest BCUT2D eigenvalue weighted by Crippen LogP contribution is 2.28. The highest BCUT2D eigenvalue weighted by atomic mass is 35.5. The molecule has 0 aliphatic rings. The van der Waals surface area contributed by atoms with E-state index in [1.54, 1.807) is 0 Å². The lowest BCUT2D eigenvalue weighted by molar-refractivity contribution is 0.812. The third-order valence-electron chi connectivity index (χ3n) is 2.66. The van der Waals surface area contributed by atoms with E-state index in [2.05, 4.69) is 10.1 Å². The number of nitrogens with zero attached hydrogens (tertiary/aromatic N) is 4. The van der Waals surface area contributed by atoms with Crippen molar-refractivity contribution in [3.05, 3.63) is 28.2 Å². The van der Waals surface area contributed by atoms with E-state index in [1.807, 2.05) is 19.9 Å². The van der Waals surface area contributed by atoms with E-state index in [4.69, 9.17) is 28.5 Å². The van der Waals surface area contributed by atoms with Crippen molar-refractivity contribution in [1.82, 2.24) is 14.6 Å². The van der Waals surface area contributed by atoms with Gasteiger partial charge in [-0.15, -0.1) is 11.6 Å². The van der Waals surface area contributed by atoms with Gasteiger partial charge in [-0.2, -0.15) is 10.4 Å². The number of hydrogen-bond donors (Lipinski definition) is 0. The van der Waals surface area contributed by atoms with Gasteiger partial charge in [0.15, 0.2) is 5.65 Å². The number of fused-ring (bicyclic) bond motifs is 1. The topological polar surface area (TPSA) is 54.0 Å². The van der Waals surface area contributed by atoms with Crippen LogP contribution in [0.5, 0.6) is 0 Å². The van der Waals surface area contributed by atoms with Crippen LogP contribution in [0.3, 0.4) is 0 Å². The van der Waals surface area contributed by atoms with Gasteiger partial charge in [0, 0.05) is 17.1 Å². The molecular weight excluding hydrogens is 259 g/mol. The third-order valence-corrected chi connectivity index (χ3v) is 3.49. The quantitative estimate of drug-likeness (QED) is 0.622. The molecule has 0 radical (unpaired) electrons. The molecule has 88 valence electrons. The van der Waals surface area contributed by atoms with Crippen molar-refractivity contribution in [2.75, 3.05) is 5.88 Å². The van der Waals surface area contributed by atoms with Crippen molar-refractivity contribution >= 4 is 28.8 Å². The van der Waals surface area contributed by atoms with Gasteiger partial charge >= 0.3 is 0 Å². The van der Waals surface area contributed by atoms with Crippen LogP contribution in [0.15, 0.2) is 6.20 Å². The van der Waals surface area contributed by atoms with E-state index >= 15 is 0 Å². The molecule has 0 saturated carbocycles. The van der Waals surface area contributed by atoms with Crippen LogP contribution in [-0.2, 0) is 0 Å². The molecule has 6 heteroatoms. The van der Waals surface area contributed by atoms with Crippen LogP contribution in [-0.4, -0.2) is 20.5 Å². The second kappa shape index (κ2) is 4.52. The average molecular weight is 269 g/mol. The maximum atomic E-state index is 8.92. The zero-order valence-electron chi connectivity index (χ0n) is 9.41. The minimum Gasteiger partial charge on any atom is -0.232 e. The molecule has 2 rings (SSSR count). The van der Waals surface area contributed by atoms with E-state index < -0.39 is 0 Å². The first-order valence-corrected chi connectivity index (χ1v) is 6.01. The second-order valence-electron chi connectivity index (χ2n) is 3.86. The van der Waals surface area contributed by atoms with Crippen molar-refractivity contribution in [3.8, 4) is 6.07 Å². The van der Waals surface area contributed by atoms with Gasteiger partial charge in [0.05, 0.1) is 6.20 Å². The number of aryl methyl sites for hydroxylation is 1. The van der Waals surface area contributed by atoms with Crippen LogP contribution in [0.2, 0.25) is 5.15 Å². The fourth-order valence-electron chi connectivity index (χ4n) is 1.79. The van der Waals surface area contributed by atoms with Gasteiger partial charge in [0.1, 0.15) is 16.8 Å². The molecule has 2 heterocycles. The zero-order chi connectivity index (χ0) is 12.6. The first-order valence-electron chi connectivity index (χ1n) is 5.10. The molecular formula is C11H10Cl2N4. The molecule has 0 aliphatic heterocycles. The predicted octanol–water partition coefficient (Wildman–Crippen LogP) is 2.91. The predicted molar refractivity (Wildman–Crippen MR) is 66.6 cm³/mol. The molecule has 2 aromatic heterocycles. The lowest BCUT2D eigenvalue weighted by Gasteiger charge is -2.13. The lowest BCUT2D eigenvalue weighted by Crippen LogP contribution is -2.06.